The van der Waals surface area contributed by atoms with Crippen LogP contribution in [0.25, 0.3) is 5.52 Å². The topological polar surface area (TPSA) is 39.0 Å². The quantitative estimate of drug-likeness (QED) is 0.851. The van der Waals surface area contributed by atoms with Gasteiger partial charge in [0, 0.05) is 19.3 Å². The molecule has 0 bridgehead atoms. The predicted octanol–water partition coefficient (Wildman–Crippen LogP) is 1.58. The van der Waals surface area contributed by atoms with Gasteiger partial charge in [-0.25, -0.2) is 4.52 Å². The predicted molar refractivity (Wildman–Crippen MR) is 75.0 cm³/mol. The summed E-state index contributed by atoms with van der Waals surface area (Å²) in [5, 5.41) is 4.24. The van der Waals surface area contributed by atoms with Crippen molar-refractivity contribution in [2.24, 2.45) is 0 Å². The standard InChI is InChI=1S/C15H19N3O2/c1-2-15(9-18-12(1)3-6-16-18)20-14-4-7-17(8-5-14)13-10-19-11-13/h1-3,6,9,13-14H,4-5,7-8,10-11H2. The Balaban J connectivity index is 1.37. The number of fused-ring (bicyclic) bond motifs is 1. The van der Waals surface area contributed by atoms with Crippen molar-refractivity contribution < 1.29 is 9.47 Å². The number of rotatable bonds is 3. The highest BCUT2D eigenvalue weighted by molar-refractivity contribution is 5.47. The van der Waals surface area contributed by atoms with Crippen molar-refractivity contribution in [3.05, 3.63) is 30.6 Å². The maximum Gasteiger partial charge on any atom is 0.138 e. The summed E-state index contributed by atoms with van der Waals surface area (Å²) in [4.78, 5) is 2.53. The van der Waals surface area contributed by atoms with Crippen molar-refractivity contribution in [1.82, 2.24) is 14.5 Å². The van der Waals surface area contributed by atoms with E-state index in [-0.39, 0.29) is 0 Å². The first kappa shape index (κ1) is 12.2. The highest BCUT2D eigenvalue weighted by Crippen LogP contribution is 2.22. The van der Waals surface area contributed by atoms with Gasteiger partial charge in [0.05, 0.1) is 31.0 Å². The molecule has 2 aromatic heterocycles. The van der Waals surface area contributed by atoms with Gasteiger partial charge in [-0.15, -0.1) is 0 Å². The second kappa shape index (κ2) is 5.07. The van der Waals surface area contributed by atoms with Gasteiger partial charge in [-0.1, -0.05) is 0 Å². The van der Waals surface area contributed by atoms with Crippen LogP contribution in [0.5, 0.6) is 5.75 Å². The van der Waals surface area contributed by atoms with Crippen LogP contribution in [0.15, 0.2) is 30.6 Å². The van der Waals surface area contributed by atoms with E-state index in [1.54, 1.807) is 6.20 Å². The SMILES string of the molecule is c1cc2ccc(OC3CCN(C4COC4)CC3)cn2n1. The van der Waals surface area contributed by atoms with E-state index in [4.69, 9.17) is 9.47 Å². The third-order valence-corrected chi connectivity index (χ3v) is 4.28. The Bertz CT molecular complexity index is 586. The molecule has 0 aromatic carbocycles. The molecule has 0 unspecified atom stereocenters. The summed E-state index contributed by atoms with van der Waals surface area (Å²) >= 11 is 0. The van der Waals surface area contributed by atoms with Crippen LogP contribution in [0, 0.1) is 0 Å². The molecule has 0 N–H and O–H groups in total. The van der Waals surface area contributed by atoms with Crippen molar-refractivity contribution in [2.45, 2.75) is 25.0 Å². The minimum absolute atomic E-state index is 0.320. The summed E-state index contributed by atoms with van der Waals surface area (Å²) in [6.07, 6.45) is 6.27. The Morgan fingerprint density at radius 1 is 1.15 bits per heavy atom. The minimum Gasteiger partial charge on any atom is -0.489 e. The van der Waals surface area contributed by atoms with E-state index in [1.807, 2.05) is 28.9 Å². The Kier molecular flexibility index (Phi) is 3.09. The zero-order chi connectivity index (χ0) is 13.4. The fraction of sp³-hybridized carbons (Fsp3) is 0.533. The fourth-order valence-electron chi connectivity index (χ4n) is 2.95. The van der Waals surface area contributed by atoms with E-state index in [0.29, 0.717) is 12.1 Å². The Hall–Kier alpha value is -1.59. The summed E-state index contributed by atoms with van der Waals surface area (Å²) < 4.78 is 13.2. The van der Waals surface area contributed by atoms with Gasteiger partial charge in [0.25, 0.3) is 0 Å². The molecule has 106 valence electrons. The smallest absolute Gasteiger partial charge is 0.138 e. The lowest BCUT2D eigenvalue weighted by Crippen LogP contribution is -2.52. The zero-order valence-corrected chi connectivity index (χ0v) is 11.4. The average molecular weight is 273 g/mol. The first-order valence-electron chi connectivity index (χ1n) is 7.30. The number of pyridine rings is 1. The molecule has 2 aromatic rings. The van der Waals surface area contributed by atoms with E-state index in [9.17, 15) is 0 Å². The normalized spacial score (nSPS) is 22.0. The molecule has 0 atom stereocenters. The summed E-state index contributed by atoms with van der Waals surface area (Å²) in [5.41, 5.74) is 1.09. The maximum atomic E-state index is 6.09. The fourth-order valence-corrected chi connectivity index (χ4v) is 2.95. The lowest BCUT2D eigenvalue weighted by molar-refractivity contribution is -0.0778. The van der Waals surface area contributed by atoms with E-state index in [0.717, 1.165) is 50.4 Å². The number of hydrogen-bond acceptors (Lipinski definition) is 4. The summed E-state index contributed by atoms with van der Waals surface area (Å²) in [6, 6.07) is 6.71. The Morgan fingerprint density at radius 2 is 2.00 bits per heavy atom. The van der Waals surface area contributed by atoms with Crippen LogP contribution in [-0.4, -0.2) is 53.0 Å². The Labute approximate surface area is 118 Å². The zero-order valence-electron chi connectivity index (χ0n) is 11.4. The van der Waals surface area contributed by atoms with E-state index >= 15 is 0 Å². The van der Waals surface area contributed by atoms with Crippen LogP contribution in [0.1, 0.15) is 12.8 Å². The number of piperidine rings is 1. The van der Waals surface area contributed by atoms with Crippen LogP contribution in [-0.2, 0) is 4.74 Å². The molecular formula is C15H19N3O2. The summed E-state index contributed by atoms with van der Waals surface area (Å²) in [6.45, 7) is 4.04. The van der Waals surface area contributed by atoms with Crippen molar-refractivity contribution in [3.8, 4) is 5.75 Å². The molecular weight excluding hydrogens is 254 g/mol. The van der Waals surface area contributed by atoms with Gasteiger partial charge in [0.15, 0.2) is 0 Å². The number of ether oxygens (including phenoxy) is 2. The highest BCUT2D eigenvalue weighted by atomic mass is 16.5. The van der Waals surface area contributed by atoms with Crippen LogP contribution >= 0.6 is 0 Å². The van der Waals surface area contributed by atoms with Gasteiger partial charge in [0.1, 0.15) is 11.9 Å². The highest BCUT2D eigenvalue weighted by Gasteiger charge is 2.30. The van der Waals surface area contributed by atoms with E-state index < -0.39 is 0 Å². The first-order valence-corrected chi connectivity index (χ1v) is 7.30. The average Bonchev–Trinajstić information content (AvgIpc) is 2.86. The third kappa shape index (κ3) is 2.27. The van der Waals surface area contributed by atoms with Crippen molar-refractivity contribution in [2.75, 3.05) is 26.3 Å². The maximum absolute atomic E-state index is 6.09. The number of likely N-dealkylation sites (tertiary alicyclic amines) is 1. The lowest BCUT2D eigenvalue weighted by atomic mass is 10.0. The molecule has 0 radical (unpaired) electrons. The van der Waals surface area contributed by atoms with Crippen LogP contribution in [0.2, 0.25) is 0 Å². The molecule has 2 fully saturated rings. The molecule has 2 saturated heterocycles. The van der Waals surface area contributed by atoms with Crippen molar-refractivity contribution >= 4 is 5.52 Å². The first-order chi connectivity index (χ1) is 9.88. The van der Waals surface area contributed by atoms with Gasteiger partial charge in [0.2, 0.25) is 0 Å². The molecule has 4 rings (SSSR count). The van der Waals surface area contributed by atoms with E-state index in [1.165, 1.54) is 0 Å². The molecule has 2 aliphatic heterocycles. The third-order valence-electron chi connectivity index (χ3n) is 4.28. The Morgan fingerprint density at radius 3 is 2.75 bits per heavy atom. The lowest BCUT2D eigenvalue weighted by Gasteiger charge is -2.41. The molecule has 4 heterocycles. The molecule has 5 heteroatoms. The molecule has 0 spiro atoms. The number of nitrogens with zero attached hydrogens (tertiary/aromatic N) is 3. The monoisotopic (exact) mass is 273 g/mol. The molecule has 2 aliphatic rings. The van der Waals surface area contributed by atoms with Crippen LogP contribution in [0.4, 0.5) is 0 Å². The van der Waals surface area contributed by atoms with Gasteiger partial charge < -0.3 is 9.47 Å². The summed E-state index contributed by atoms with van der Waals surface area (Å²) in [5.74, 6) is 0.909. The van der Waals surface area contributed by atoms with Crippen LogP contribution < -0.4 is 4.74 Å². The number of aromatic nitrogens is 2. The van der Waals surface area contributed by atoms with Crippen molar-refractivity contribution in [3.63, 3.8) is 0 Å². The van der Waals surface area contributed by atoms with Crippen molar-refractivity contribution in [1.29, 1.82) is 0 Å². The molecule has 5 nitrogen and oxygen atoms in total. The second-order valence-corrected chi connectivity index (χ2v) is 5.61. The van der Waals surface area contributed by atoms with E-state index in [2.05, 4.69) is 10.00 Å². The molecule has 0 saturated carbocycles. The van der Waals surface area contributed by atoms with Crippen LogP contribution in [0.3, 0.4) is 0 Å². The summed E-state index contributed by atoms with van der Waals surface area (Å²) in [7, 11) is 0. The second-order valence-electron chi connectivity index (χ2n) is 5.61. The molecule has 20 heavy (non-hydrogen) atoms. The van der Waals surface area contributed by atoms with Gasteiger partial charge in [-0.05, 0) is 31.0 Å². The number of hydrogen-bond donors (Lipinski definition) is 0. The van der Waals surface area contributed by atoms with Gasteiger partial charge >= 0.3 is 0 Å². The largest absolute Gasteiger partial charge is 0.489 e. The van der Waals surface area contributed by atoms with Gasteiger partial charge in [-0.2, -0.15) is 5.10 Å². The molecule has 0 aliphatic carbocycles. The molecule has 0 amide bonds. The minimum atomic E-state index is 0.320. The van der Waals surface area contributed by atoms with Gasteiger partial charge in [-0.3, -0.25) is 4.90 Å².